The zero-order chi connectivity index (χ0) is 14.1. The molecule has 0 atom stereocenters. The van der Waals surface area contributed by atoms with E-state index in [0.717, 1.165) is 0 Å². The van der Waals surface area contributed by atoms with Crippen molar-refractivity contribution in [1.29, 1.82) is 0 Å². The van der Waals surface area contributed by atoms with Gasteiger partial charge in [-0.1, -0.05) is 0 Å². The molecule has 1 amide bonds. The molecule has 2 N–H and O–H groups in total. The lowest BCUT2D eigenvalue weighted by Crippen LogP contribution is -2.28. The number of carbonyl (C=O) groups excluding carboxylic acids is 2. The highest BCUT2D eigenvalue weighted by molar-refractivity contribution is 7.13. The highest BCUT2D eigenvalue weighted by atomic mass is 32.1. The minimum absolute atomic E-state index is 0.0608. The van der Waals surface area contributed by atoms with E-state index in [4.69, 9.17) is 4.74 Å². The Morgan fingerprint density at radius 1 is 1.37 bits per heavy atom. The smallest absolute Gasteiger partial charge is 0.357 e. The van der Waals surface area contributed by atoms with E-state index in [0.29, 0.717) is 31.2 Å². The van der Waals surface area contributed by atoms with Gasteiger partial charge in [0.25, 0.3) is 0 Å². The summed E-state index contributed by atoms with van der Waals surface area (Å²) in [5.74, 6) is -0.532. The van der Waals surface area contributed by atoms with Crippen molar-refractivity contribution in [2.75, 3.05) is 39.2 Å². The van der Waals surface area contributed by atoms with Crippen LogP contribution in [0.5, 0.6) is 0 Å². The SMILES string of the molecule is COCCNC(=O)CCNc1nc(C(=O)OC)cs1. The van der Waals surface area contributed by atoms with Gasteiger partial charge in [0.1, 0.15) is 0 Å². The zero-order valence-electron chi connectivity index (χ0n) is 10.9. The highest BCUT2D eigenvalue weighted by Gasteiger charge is 2.10. The summed E-state index contributed by atoms with van der Waals surface area (Å²) in [6, 6.07) is 0. The zero-order valence-corrected chi connectivity index (χ0v) is 11.7. The normalized spacial score (nSPS) is 10.0. The minimum atomic E-state index is -0.471. The topological polar surface area (TPSA) is 89.5 Å². The number of aromatic nitrogens is 1. The molecule has 7 nitrogen and oxygen atoms in total. The van der Waals surface area contributed by atoms with Crippen molar-refractivity contribution in [3.8, 4) is 0 Å². The maximum absolute atomic E-state index is 11.4. The first kappa shape index (κ1) is 15.4. The Balaban J connectivity index is 2.23. The molecule has 0 fully saturated rings. The van der Waals surface area contributed by atoms with Gasteiger partial charge in [-0.05, 0) is 0 Å². The molecule has 0 spiro atoms. The number of nitrogens with one attached hydrogen (secondary N) is 2. The number of esters is 1. The first-order chi connectivity index (χ1) is 9.17. The van der Waals surface area contributed by atoms with Crippen molar-refractivity contribution in [2.24, 2.45) is 0 Å². The van der Waals surface area contributed by atoms with Crippen LogP contribution in [0.1, 0.15) is 16.9 Å². The number of methoxy groups -OCH3 is 2. The highest BCUT2D eigenvalue weighted by Crippen LogP contribution is 2.15. The third-order valence-electron chi connectivity index (χ3n) is 2.16. The molecule has 19 heavy (non-hydrogen) atoms. The largest absolute Gasteiger partial charge is 0.464 e. The number of hydrogen-bond acceptors (Lipinski definition) is 7. The lowest BCUT2D eigenvalue weighted by Gasteiger charge is -2.04. The third-order valence-corrected chi connectivity index (χ3v) is 2.96. The molecule has 8 heteroatoms. The molecule has 0 saturated heterocycles. The summed E-state index contributed by atoms with van der Waals surface area (Å²) < 4.78 is 9.37. The van der Waals surface area contributed by atoms with Crippen LogP contribution in [0.3, 0.4) is 0 Å². The molecule has 0 aromatic carbocycles. The summed E-state index contributed by atoms with van der Waals surface area (Å²) in [5, 5.41) is 7.87. The van der Waals surface area contributed by atoms with E-state index in [1.54, 1.807) is 12.5 Å². The second kappa shape index (κ2) is 8.44. The van der Waals surface area contributed by atoms with Gasteiger partial charge in [-0.2, -0.15) is 0 Å². The second-order valence-corrected chi connectivity index (χ2v) is 4.41. The summed E-state index contributed by atoms with van der Waals surface area (Å²) in [4.78, 5) is 26.6. The van der Waals surface area contributed by atoms with Crippen molar-refractivity contribution in [1.82, 2.24) is 10.3 Å². The predicted molar refractivity (Wildman–Crippen MR) is 71.4 cm³/mol. The van der Waals surface area contributed by atoms with Crippen LogP contribution in [-0.2, 0) is 14.3 Å². The summed E-state index contributed by atoms with van der Waals surface area (Å²) >= 11 is 1.29. The molecule has 0 bridgehead atoms. The fraction of sp³-hybridized carbons (Fsp3) is 0.545. The van der Waals surface area contributed by atoms with Gasteiger partial charge in [-0.15, -0.1) is 11.3 Å². The first-order valence-electron chi connectivity index (χ1n) is 5.70. The minimum Gasteiger partial charge on any atom is -0.464 e. The Bertz CT molecular complexity index is 422. The van der Waals surface area contributed by atoms with Crippen LogP contribution >= 0.6 is 11.3 Å². The van der Waals surface area contributed by atoms with E-state index < -0.39 is 5.97 Å². The van der Waals surface area contributed by atoms with Crippen LogP contribution in [0, 0.1) is 0 Å². The number of nitrogens with zero attached hydrogens (tertiary/aromatic N) is 1. The van der Waals surface area contributed by atoms with Crippen molar-refractivity contribution >= 4 is 28.3 Å². The van der Waals surface area contributed by atoms with Crippen LogP contribution in [0.4, 0.5) is 5.13 Å². The molecule has 1 rings (SSSR count). The Morgan fingerprint density at radius 3 is 2.84 bits per heavy atom. The van der Waals surface area contributed by atoms with E-state index in [1.165, 1.54) is 18.4 Å². The van der Waals surface area contributed by atoms with Gasteiger partial charge in [0, 0.05) is 32.0 Å². The molecule has 0 aliphatic rings. The molecular formula is C11H17N3O4S. The summed E-state index contributed by atoms with van der Waals surface area (Å²) in [5.41, 5.74) is 0.263. The van der Waals surface area contributed by atoms with E-state index in [-0.39, 0.29) is 11.6 Å². The Labute approximate surface area is 115 Å². The third kappa shape index (κ3) is 5.66. The fourth-order valence-corrected chi connectivity index (χ4v) is 1.93. The Morgan fingerprint density at radius 2 is 2.16 bits per heavy atom. The second-order valence-electron chi connectivity index (χ2n) is 3.55. The maximum atomic E-state index is 11.4. The molecule has 0 saturated carbocycles. The fourth-order valence-electron chi connectivity index (χ4n) is 1.22. The first-order valence-corrected chi connectivity index (χ1v) is 6.58. The lowest BCUT2D eigenvalue weighted by atomic mass is 10.4. The van der Waals surface area contributed by atoms with Crippen LogP contribution in [-0.4, -0.2) is 50.8 Å². The van der Waals surface area contributed by atoms with Gasteiger partial charge in [-0.3, -0.25) is 4.79 Å². The van der Waals surface area contributed by atoms with Crippen molar-refractivity contribution in [3.05, 3.63) is 11.1 Å². The van der Waals surface area contributed by atoms with Gasteiger partial charge in [-0.25, -0.2) is 9.78 Å². The van der Waals surface area contributed by atoms with E-state index >= 15 is 0 Å². The average molecular weight is 287 g/mol. The Kier molecular flexibility index (Phi) is 6.83. The maximum Gasteiger partial charge on any atom is 0.357 e. The molecule has 0 radical (unpaired) electrons. The Hall–Kier alpha value is -1.67. The summed E-state index contributed by atoms with van der Waals surface area (Å²) in [6.45, 7) is 1.44. The van der Waals surface area contributed by atoms with Gasteiger partial charge < -0.3 is 20.1 Å². The average Bonchev–Trinajstić information content (AvgIpc) is 2.87. The number of hydrogen-bond donors (Lipinski definition) is 2. The predicted octanol–water partition coefficient (Wildman–Crippen LogP) is 0.494. The number of thiazole rings is 1. The number of amides is 1. The number of ether oxygens (including phenoxy) is 2. The van der Waals surface area contributed by atoms with Crippen LogP contribution < -0.4 is 10.6 Å². The summed E-state index contributed by atoms with van der Waals surface area (Å²) in [6.07, 6.45) is 0.330. The monoisotopic (exact) mass is 287 g/mol. The molecule has 0 aliphatic heterocycles. The van der Waals surface area contributed by atoms with Gasteiger partial charge in [0.15, 0.2) is 10.8 Å². The summed E-state index contributed by atoms with van der Waals surface area (Å²) in [7, 11) is 2.88. The van der Waals surface area contributed by atoms with Crippen LogP contribution in [0.25, 0.3) is 0 Å². The van der Waals surface area contributed by atoms with E-state index in [1.807, 2.05) is 0 Å². The standard InChI is InChI=1S/C11H17N3O4S/c1-17-6-5-12-9(15)3-4-13-11-14-8(7-19-11)10(16)18-2/h7H,3-6H2,1-2H3,(H,12,15)(H,13,14). The lowest BCUT2D eigenvalue weighted by molar-refractivity contribution is -0.121. The molecule has 1 aromatic heterocycles. The van der Waals surface area contributed by atoms with Crippen molar-refractivity contribution < 1.29 is 19.1 Å². The number of carbonyl (C=O) groups is 2. The molecule has 1 heterocycles. The van der Waals surface area contributed by atoms with Crippen LogP contribution in [0.15, 0.2) is 5.38 Å². The molecule has 106 valence electrons. The number of rotatable bonds is 8. The van der Waals surface area contributed by atoms with Gasteiger partial charge in [0.05, 0.1) is 13.7 Å². The van der Waals surface area contributed by atoms with Crippen LogP contribution in [0.2, 0.25) is 0 Å². The van der Waals surface area contributed by atoms with Gasteiger partial charge >= 0.3 is 5.97 Å². The molecular weight excluding hydrogens is 270 g/mol. The number of anilines is 1. The quantitative estimate of drug-likeness (QED) is 0.534. The van der Waals surface area contributed by atoms with E-state index in [2.05, 4.69) is 20.4 Å². The molecule has 0 unspecified atom stereocenters. The van der Waals surface area contributed by atoms with Crippen molar-refractivity contribution in [2.45, 2.75) is 6.42 Å². The van der Waals surface area contributed by atoms with Gasteiger partial charge in [0.2, 0.25) is 5.91 Å². The van der Waals surface area contributed by atoms with Crippen molar-refractivity contribution in [3.63, 3.8) is 0 Å². The van der Waals surface area contributed by atoms with E-state index in [9.17, 15) is 9.59 Å². The molecule has 1 aromatic rings. The molecule has 0 aliphatic carbocycles.